The molecule has 2 aromatic rings. The van der Waals surface area contributed by atoms with E-state index in [9.17, 15) is 0 Å². The summed E-state index contributed by atoms with van der Waals surface area (Å²) in [6, 6.07) is 7.48. The van der Waals surface area contributed by atoms with Gasteiger partial charge in [-0.15, -0.1) is 0 Å². The highest BCUT2D eigenvalue weighted by atomic mass is 15.1. The summed E-state index contributed by atoms with van der Waals surface area (Å²) >= 11 is 0. The molecule has 3 nitrogen and oxygen atoms in total. The summed E-state index contributed by atoms with van der Waals surface area (Å²) < 4.78 is 2.25. The van der Waals surface area contributed by atoms with E-state index in [1.165, 1.54) is 41.8 Å². The Balaban J connectivity index is 1.99. The fourth-order valence-corrected chi connectivity index (χ4v) is 3.13. The average Bonchev–Trinajstić information content (AvgIpc) is 2.91. The Morgan fingerprint density at radius 3 is 2.90 bits per heavy atom. The van der Waals surface area contributed by atoms with Gasteiger partial charge in [-0.3, -0.25) is 0 Å². The molecule has 1 aliphatic rings. The zero-order chi connectivity index (χ0) is 14.1. The van der Waals surface area contributed by atoms with Crippen LogP contribution in [0, 0.1) is 13.8 Å². The largest absolute Gasteiger partial charge is 0.306 e. The van der Waals surface area contributed by atoms with Gasteiger partial charge in [0.2, 0.25) is 0 Å². The molecule has 0 amide bonds. The molecule has 2 unspecified atom stereocenters. The zero-order valence-corrected chi connectivity index (χ0v) is 12.6. The highest BCUT2D eigenvalue weighted by Crippen LogP contribution is 2.28. The topological polar surface area (TPSA) is 29.9 Å². The Kier molecular flexibility index (Phi) is 3.62. The third kappa shape index (κ3) is 2.38. The van der Waals surface area contributed by atoms with Gasteiger partial charge in [-0.25, -0.2) is 4.98 Å². The van der Waals surface area contributed by atoms with Gasteiger partial charge in [0, 0.05) is 17.8 Å². The minimum absolute atomic E-state index is 0.418. The van der Waals surface area contributed by atoms with E-state index in [0.717, 1.165) is 0 Å². The molecule has 0 spiro atoms. The molecule has 0 radical (unpaired) electrons. The SMILES string of the molecule is Cc1cccc(-n2cncc2C2CCCC(C)N2)c1C. The lowest BCUT2D eigenvalue weighted by atomic mass is 9.97. The Morgan fingerprint density at radius 1 is 1.25 bits per heavy atom. The van der Waals surface area contributed by atoms with E-state index in [1.54, 1.807) is 0 Å². The van der Waals surface area contributed by atoms with Gasteiger partial charge in [0.1, 0.15) is 0 Å². The van der Waals surface area contributed by atoms with E-state index in [1.807, 2.05) is 12.5 Å². The average molecular weight is 269 g/mol. The van der Waals surface area contributed by atoms with Crippen molar-refractivity contribution in [1.82, 2.24) is 14.9 Å². The molecule has 0 bridgehead atoms. The highest BCUT2D eigenvalue weighted by molar-refractivity contribution is 5.46. The molecule has 20 heavy (non-hydrogen) atoms. The Bertz CT molecular complexity index is 600. The van der Waals surface area contributed by atoms with Crippen molar-refractivity contribution < 1.29 is 0 Å². The summed E-state index contributed by atoms with van der Waals surface area (Å²) in [5.74, 6) is 0. The molecule has 1 saturated heterocycles. The molecule has 1 aromatic carbocycles. The Morgan fingerprint density at radius 2 is 2.10 bits per heavy atom. The number of hydrogen-bond acceptors (Lipinski definition) is 2. The lowest BCUT2D eigenvalue weighted by Gasteiger charge is -2.29. The predicted molar refractivity (Wildman–Crippen MR) is 82.2 cm³/mol. The molecular formula is C17H23N3. The predicted octanol–water partition coefficient (Wildman–Crippen LogP) is 3.69. The molecule has 0 aliphatic carbocycles. The Hall–Kier alpha value is -1.61. The van der Waals surface area contributed by atoms with Crippen molar-refractivity contribution in [3.05, 3.63) is 47.5 Å². The van der Waals surface area contributed by atoms with E-state index in [2.05, 4.69) is 53.8 Å². The number of nitrogens with zero attached hydrogens (tertiary/aromatic N) is 2. The summed E-state index contributed by atoms with van der Waals surface area (Å²) in [5.41, 5.74) is 5.19. The number of piperidine rings is 1. The van der Waals surface area contributed by atoms with E-state index < -0.39 is 0 Å². The van der Waals surface area contributed by atoms with Crippen LogP contribution < -0.4 is 5.32 Å². The van der Waals surface area contributed by atoms with Gasteiger partial charge in [-0.2, -0.15) is 0 Å². The number of benzene rings is 1. The first-order valence-electron chi connectivity index (χ1n) is 7.51. The van der Waals surface area contributed by atoms with E-state index in [-0.39, 0.29) is 0 Å². The fourth-order valence-electron chi connectivity index (χ4n) is 3.13. The summed E-state index contributed by atoms with van der Waals surface area (Å²) in [4.78, 5) is 4.39. The second kappa shape index (κ2) is 5.41. The van der Waals surface area contributed by atoms with Crippen LogP contribution in [0.5, 0.6) is 0 Å². The molecule has 3 rings (SSSR count). The number of nitrogens with one attached hydrogen (secondary N) is 1. The standard InChI is InChI=1S/C17H23N3/c1-12-6-4-9-16(14(12)3)20-11-18-10-17(20)15-8-5-7-13(2)19-15/h4,6,9-11,13,15,19H,5,7-8H2,1-3H3. The molecule has 3 heteroatoms. The zero-order valence-electron chi connectivity index (χ0n) is 12.6. The molecule has 2 heterocycles. The lowest BCUT2D eigenvalue weighted by molar-refractivity contribution is 0.334. The summed E-state index contributed by atoms with van der Waals surface area (Å²) in [6.07, 6.45) is 7.71. The third-order valence-electron chi connectivity index (χ3n) is 4.48. The van der Waals surface area contributed by atoms with Crippen LogP contribution in [0.2, 0.25) is 0 Å². The second-order valence-corrected chi connectivity index (χ2v) is 5.96. The van der Waals surface area contributed by atoms with E-state index in [4.69, 9.17) is 0 Å². The van der Waals surface area contributed by atoms with Crippen molar-refractivity contribution in [2.24, 2.45) is 0 Å². The molecule has 106 valence electrons. The van der Waals surface area contributed by atoms with Crippen molar-refractivity contribution in [1.29, 1.82) is 0 Å². The van der Waals surface area contributed by atoms with Crippen LogP contribution in [0.4, 0.5) is 0 Å². The summed E-state index contributed by atoms with van der Waals surface area (Å²) in [6.45, 7) is 6.62. The van der Waals surface area contributed by atoms with Crippen molar-refractivity contribution in [3.8, 4) is 5.69 Å². The monoisotopic (exact) mass is 269 g/mol. The van der Waals surface area contributed by atoms with Crippen LogP contribution in [-0.2, 0) is 0 Å². The van der Waals surface area contributed by atoms with Gasteiger partial charge in [-0.05, 0) is 57.2 Å². The Labute approximate surface area is 121 Å². The number of imidazole rings is 1. The van der Waals surface area contributed by atoms with Crippen LogP contribution in [0.25, 0.3) is 5.69 Å². The smallest absolute Gasteiger partial charge is 0.0994 e. The maximum absolute atomic E-state index is 4.39. The summed E-state index contributed by atoms with van der Waals surface area (Å²) in [5, 5.41) is 3.70. The molecule has 2 atom stereocenters. The quantitative estimate of drug-likeness (QED) is 0.901. The van der Waals surface area contributed by atoms with Gasteiger partial charge in [-0.1, -0.05) is 12.1 Å². The molecule has 1 fully saturated rings. The van der Waals surface area contributed by atoms with Gasteiger partial charge >= 0.3 is 0 Å². The molecule has 1 aliphatic heterocycles. The minimum atomic E-state index is 0.418. The number of aromatic nitrogens is 2. The van der Waals surface area contributed by atoms with Crippen LogP contribution >= 0.6 is 0 Å². The molecular weight excluding hydrogens is 246 g/mol. The summed E-state index contributed by atoms with van der Waals surface area (Å²) in [7, 11) is 0. The van der Waals surface area contributed by atoms with Crippen molar-refractivity contribution in [2.45, 2.75) is 52.1 Å². The second-order valence-electron chi connectivity index (χ2n) is 5.96. The van der Waals surface area contributed by atoms with Gasteiger partial charge in [0.25, 0.3) is 0 Å². The normalized spacial score (nSPS) is 22.9. The molecule has 1 aromatic heterocycles. The lowest BCUT2D eigenvalue weighted by Crippen LogP contribution is -2.35. The first-order valence-corrected chi connectivity index (χ1v) is 7.51. The fraction of sp³-hybridized carbons (Fsp3) is 0.471. The van der Waals surface area contributed by atoms with Crippen molar-refractivity contribution in [3.63, 3.8) is 0 Å². The van der Waals surface area contributed by atoms with Crippen molar-refractivity contribution in [2.75, 3.05) is 0 Å². The third-order valence-corrected chi connectivity index (χ3v) is 4.48. The van der Waals surface area contributed by atoms with Gasteiger partial charge in [0.05, 0.1) is 18.2 Å². The van der Waals surface area contributed by atoms with Crippen LogP contribution in [0.3, 0.4) is 0 Å². The maximum atomic E-state index is 4.39. The van der Waals surface area contributed by atoms with Gasteiger partial charge in [0.15, 0.2) is 0 Å². The minimum Gasteiger partial charge on any atom is -0.306 e. The van der Waals surface area contributed by atoms with E-state index >= 15 is 0 Å². The molecule has 0 saturated carbocycles. The number of rotatable bonds is 2. The molecule has 1 N–H and O–H groups in total. The van der Waals surface area contributed by atoms with Crippen LogP contribution in [-0.4, -0.2) is 15.6 Å². The van der Waals surface area contributed by atoms with Crippen LogP contribution in [0.1, 0.15) is 49.0 Å². The number of hydrogen-bond donors (Lipinski definition) is 1. The number of aryl methyl sites for hydroxylation is 1. The van der Waals surface area contributed by atoms with Crippen LogP contribution in [0.15, 0.2) is 30.7 Å². The van der Waals surface area contributed by atoms with Crippen molar-refractivity contribution >= 4 is 0 Å². The first kappa shape index (κ1) is 13.4. The van der Waals surface area contributed by atoms with E-state index in [0.29, 0.717) is 12.1 Å². The highest BCUT2D eigenvalue weighted by Gasteiger charge is 2.22. The van der Waals surface area contributed by atoms with Gasteiger partial charge < -0.3 is 9.88 Å². The first-order chi connectivity index (χ1) is 9.66. The maximum Gasteiger partial charge on any atom is 0.0994 e.